The summed E-state index contributed by atoms with van der Waals surface area (Å²) in [7, 11) is -2.86. The van der Waals surface area contributed by atoms with Crippen LogP contribution in [0, 0.1) is 0 Å². The average molecular weight is 291 g/mol. The Kier molecular flexibility index (Phi) is 4.02. The van der Waals surface area contributed by atoms with E-state index in [0.29, 0.717) is 12.1 Å². The predicted molar refractivity (Wildman–Crippen MR) is 50.0 cm³/mol. The lowest BCUT2D eigenvalue weighted by molar-refractivity contribution is -0.143. The molecule has 1 aromatic carbocycles. The minimum atomic E-state index is -4.95. The minimum Gasteiger partial charge on any atom is -0.166 e. The minimum absolute atomic E-state index is 0.0338. The molecule has 0 fully saturated rings. The smallest absolute Gasteiger partial charge is 0.166 e. The number of rotatable bonds is 2. The van der Waals surface area contributed by atoms with Crippen molar-refractivity contribution in [2.45, 2.75) is 18.5 Å². The van der Waals surface area contributed by atoms with Crippen molar-refractivity contribution in [1.82, 2.24) is 0 Å². The van der Waals surface area contributed by atoms with Crippen molar-refractivity contribution in [2.75, 3.05) is 0 Å². The third-order valence-electron chi connectivity index (χ3n) is 1.97. The summed E-state index contributed by atoms with van der Waals surface area (Å²) in [5.74, 6) is 0. The lowest BCUT2D eigenvalue weighted by Crippen LogP contribution is -2.11. The first-order valence-corrected chi connectivity index (χ1v) is 5.82. The fraction of sp³-hybridized carbons (Fsp3) is 0.333. The molecule has 0 aliphatic carbocycles. The van der Waals surface area contributed by atoms with Gasteiger partial charge in [-0.3, -0.25) is 0 Å². The van der Waals surface area contributed by atoms with Crippen molar-refractivity contribution >= 4 is 8.03 Å². The van der Waals surface area contributed by atoms with Gasteiger partial charge in [-0.1, -0.05) is 0 Å². The van der Waals surface area contributed by atoms with Crippen molar-refractivity contribution in [3.8, 4) is 0 Å². The van der Waals surface area contributed by atoms with Gasteiger partial charge >= 0.3 is 20.4 Å². The molecule has 18 heavy (non-hydrogen) atoms. The van der Waals surface area contributed by atoms with Crippen molar-refractivity contribution < 1.29 is 35.8 Å². The molecule has 0 saturated carbocycles. The van der Waals surface area contributed by atoms with Crippen LogP contribution in [0.15, 0.2) is 18.2 Å². The lowest BCUT2D eigenvalue weighted by atomic mass is 10.1. The molecule has 0 heterocycles. The summed E-state index contributed by atoms with van der Waals surface area (Å²) in [5.41, 5.74) is -3.48. The molecule has 0 bridgehead atoms. The first kappa shape index (κ1) is 14.9. The second-order valence-electron chi connectivity index (χ2n) is 3.42. The van der Waals surface area contributed by atoms with Crippen LogP contribution in [0.4, 0.5) is 26.3 Å². The molecule has 100 valence electrons. The van der Waals surface area contributed by atoms with Crippen LogP contribution < -0.4 is 0 Å². The van der Waals surface area contributed by atoms with Crippen LogP contribution in [0.1, 0.15) is 16.7 Å². The summed E-state index contributed by atoms with van der Waals surface area (Å²) in [6, 6.07) is 0.825. The molecule has 0 radical (unpaired) electrons. The van der Waals surface area contributed by atoms with Crippen molar-refractivity contribution in [3.05, 3.63) is 34.9 Å². The first-order valence-electron chi connectivity index (χ1n) is 4.42. The lowest BCUT2D eigenvalue weighted by Gasteiger charge is -2.12. The molecule has 0 spiro atoms. The molecular weight excluding hydrogens is 285 g/mol. The maximum Gasteiger partial charge on any atom is 0.510 e. The van der Waals surface area contributed by atoms with Gasteiger partial charge in [-0.25, -0.2) is 0 Å². The normalized spacial score (nSPS) is 13.6. The third-order valence-corrected chi connectivity index (χ3v) is 2.60. The molecule has 0 amide bonds. The maximum absolute atomic E-state index is 12.4. The number of halogens is 6. The quantitative estimate of drug-likeness (QED) is 0.661. The Morgan fingerprint density at radius 1 is 0.944 bits per heavy atom. The van der Waals surface area contributed by atoms with E-state index in [9.17, 15) is 30.9 Å². The van der Waals surface area contributed by atoms with Gasteiger partial charge < -0.3 is 0 Å². The summed E-state index contributed by atoms with van der Waals surface area (Å²) in [5, 5.41) is 0. The van der Waals surface area contributed by atoms with E-state index < -0.39 is 43.2 Å². The van der Waals surface area contributed by atoms with Gasteiger partial charge in [0.25, 0.3) is 0 Å². The van der Waals surface area contributed by atoms with Crippen LogP contribution in [-0.2, 0) is 23.1 Å². The molecular formula is C9H6F6O2P+. The zero-order valence-electron chi connectivity index (χ0n) is 8.51. The van der Waals surface area contributed by atoms with Crippen molar-refractivity contribution in [3.63, 3.8) is 0 Å². The Bertz CT molecular complexity index is 433. The zero-order valence-corrected chi connectivity index (χ0v) is 9.40. The fourth-order valence-corrected chi connectivity index (χ4v) is 1.76. The van der Waals surface area contributed by atoms with Crippen LogP contribution in [-0.4, -0.2) is 4.89 Å². The van der Waals surface area contributed by atoms with E-state index in [2.05, 4.69) is 0 Å². The molecule has 0 aromatic heterocycles. The fourth-order valence-electron chi connectivity index (χ4n) is 1.27. The Balaban J connectivity index is 3.34. The maximum atomic E-state index is 12.4. The number of alkyl halides is 6. The van der Waals surface area contributed by atoms with E-state index >= 15 is 0 Å². The van der Waals surface area contributed by atoms with Gasteiger partial charge in [0, 0.05) is 5.56 Å². The monoisotopic (exact) mass is 291 g/mol. The van der Waals surface area contributed by atoms with Crippen molar-refractivity contribution in [2.24, 2.45) is 0 Å². The number of hydrogen-bond donors (Lipinski definition) is 1. The third kappa shape index (κ3) is 3.96. The topological polar surface area (TPSA) is 37.3 Å². The molecule has 1 rings (SSSR count). The van der Waals surface area contributed by atoms with E-state index in [1.807, 2.05) is 0 Å². The Hall–Kier alpha value is -1.14. The average Bonchev–Trinajstić information content (AvgIpc) is 2.13. The SMILES string of the molecule is O=[P+](O)Cc1cc(C(F)(F)F)cc(C(F)(F)F)c1. The second kappa shape index (κ2) is 4.85. The summed E-state index contributed by atoms with van der Waals surface area (Å²) in [4.78, 5) is 8.54. The first-order chi connectivity index (χ1) is 8.00. The van der Waals surface area contributed by atoms with Gasteiger partial charge in [-0.05, 0) is 22.8 Å². The van der Waals surface area contributed by atoms with Gasteiger partial charge in [0.1, 0.15) is 0 Å². The van der Waals surface area contributed by atoms with Crippen LogP contribution in [0.3, 0.4) is 0 Å². The van der Waals surface area contributed by atoms with Crippen LogP contribution in [0.2, 0.25) is 0 Å². The Labute approximate surface area is 98.1 Å². The van der Waals surface area contributed by atoms with Gasteiger partial charge in [0.2, 0.25) is 6.16 Å². The molecule has 1 atom stereocenters. The Morgan fingerprint density at radius 2 is 1.33 bits per heavy atom. The van der Waals surface area contributed by atoms with Crippen LogP contribution in [0.25, 0.3) is 0 Å². The largest absolute Gasteiger partial charge is 0.510 e. The van der Waals surface area contributed by atoms with Gasteiger partial charge in [-0.2, -0.15) is 31.2 Å². The molecule has 0 saturated heterocycles. The summed E-state index contributed by atoms with van der Waals surface area (Å²) >= 11 is 0. The molecule has 1 unspecified atom stereocenters. The standard InChI is InChI=1S/C9H5F6O2P/c10-8(11,12)6-1-5(4-18(16)17)2-7(3-6)9(13,14)15/h1-3H,4H2/p+1. The van der Waals surface area contributed by atoms with E-state index in [1.54, 1.807) is 0 Å². The summed E-state index contributed by atoms with van der Waals surface area (Å²) in [6.45, 7) is 0. The van der Waals surface area contributed by atoms with E-state index in [-0.39, 0.29) is 6.07 Å². The van der Waals surface area contributed by atoms with E-state index in [0.717, 1.165) is 0 Å². The number of hydrogen-bond acceptors (Lipinski definition) is 1. The summed E-state index contributed by atoms with van der Waals surface area (Å²) in [6.07, 6.45) is -10.7. The van der Waals surface area contributed by atoms with Crippen LogP contribution >= 0.6 is 8.03 Å². The number of benzene rings is 1. The summed E-state index contributed by atoms with van der Waals surface area (Å²) < 4.78 is 84.7. The van der Waals surface area contributed by atoms with Gasteiger partial charge in [-0.15, -0.1) is 0 Å². The highest BCUT2D eigenvalue weighted by Crippen LogP contribution is 2.37. The highest BCUT2D eigenvalue weighted by molar-refractivity contribution is 7.37. The molecule has 0 aliphatic rings. The molecule has 0 aliphatic heterocycles. The van der Waals surface area contributed by atoms with Crippen molar-refractivity contribution in [1.29, 1.82) is 0 Å². The highest BCUT2D eigenvalue weighted by Gasteiger charge is 2.37. The Morgan fingerprint density at radius 3 is 1.61 bits per heavy atom. The molecule has 1 aromatic rings. The predicted octanol–water partition coefficient (Wildman–Crippen LogP) is 3.96. The van der Waals surface area contributed by atoms with Gasteiger partial charge in [0.15, 0.2) is 0 Å². The van der Waals surface area contributed by atoms with Gasteiger partial charge in [0.05, 0.1) is 11.1 Å². The molecule has 2 nitrogen and oxygen atoms in total. The second-order valence-corrected chi connectivity index (χ2v) is 4.44. The molecule has 1 N–H and O–H groups in total. The van der Waals surface area contributed by atoms with E-state index in [1.165, 1.54) is 0 Å². The van der Waals surface area contributed by atoms with E-state index in [4.69, 9.17) is 4.89 Å². The highest BCUT2D eigenvalue weighted by atomic mass is 31.1. The molecule has 9 heteroatoms. The van der Waals surface area contributed by atoms with Crippen LogP contribution in [0.5, 0.6) is 0 Å². The zero-order chi connectivity index (χ0) is 14.1.